The van der Waals surface area contributed by atoms with Gasteiger partial charge in [0.1, 0.15) is 18.1 Å². The maximum atomic E-state index is 12.3. The van der Waals surface area contributed by atoms with Gasteiger partial charge in [-0.25, -0.2) is 4.79 Å². The normalized spacial score (nSPS) is 12.5. The van der Waals surface area contributed by atoms with Gasteiger partial charge < -0.3 is 19.5 Å². The Bertz CT molecular complexity index is 830. The number of carbonyl (C=O) groups excluding carboxylic acids is 2. The first kappa shape index (κ1) is 19.2. The minimum Gasteiger partial charge on any atom is -0.486 e. The SMILES string of the molecule is CCCc1sc(C(=O)OCC(=O)Nc2ccc3c(c2)OCCO3)cc1CC. The third kappa shape index (κ3) is 4.80. The fourth-order valence-electron chi connectivity index (χ4n) is 2.83. The minimum absolute atomic E-state index is 0.338. The van der Waals surface area contributed by atoms with Crippen molar-refractivity contribution in [1.82, 2.24) is 0 Å². The van der Waals surface area contributed by atoms with Crippen molar-refractivity contribution in [1.29, 1.82) is 0 Å². The van der Waals surface area contributed by atoms with Crippen LogP contribution in [0.3, 0.4) is 0 Å². The van der Waals surface area contributed by atoms with Gasteiger partial charge in [0.25, 0.3) is 5.91 Å². The Morgan fingerprint density at radius 2 is 1.93 bits per heavy atom. The summed E-state index contributed by atoms with van der Waals surface area (Å²) in [6.45, 7) is 4.83. The maximum Gasteiger partial charge on any atom is 0.348 e. The molecule has 1 amide bonds. The molecule has 0 bridgehead atoms. The number of rotatable bonds is 7. The lowest BCUT2D eigenvalue weighted by Gasteiger charge is -2.18. The first-order valence-electron chi connectivity index (χ1n) is 9.09. The molecule has 6 nitrogen and oxygen atoms in total. The van der Waals surface area contributed by atoms with Gasteiger partial charge in [0.2, 0.25) is 0 Å². The molecule has 1 aromatic carbocycles. The monoisotopic (exact) mass is 389 g/mol. The number of benzene rings is 1. The summed E-state index contributed by atoms with van der Waals surface area (Å²) >= 11 is 1.45. The van der Waals surface area contributed by atoms with Crippen LogP contribution in [0.5, 0.6) is 11.5 Å². The summed E-state index contributed by atoms with van der Waals surface area (Å²) in [5.41, 5.74) is 1.74. The second-order valence-corrected chi connectivity index (χ2v) is 7.28. The summed E-state index contributed by atoms with van der Waals surface area (Å²) in [6, 6.07) is 7.02. The van der Waals surface area contributed by atoms with Crippen LogP contribution in [0, 0.1) is 0 Å². The summed E-state index contributed by atoms with van der Waals surface area (Å²) in [6.07, 6.45) is 2.86. The van der Waals surface area contributed by atoms with E-state index in [0.29, 0.717) is 35.3 Å². The molecule has 0 aliphatic carbocycles. The molecule has 27 heavy (non-hydrogen) atoms. The van der Waals surface area contributed by atoms with Gasteiger partial charge in [-0.2, -0.15) is 0 Å². The molecule has 7 heteroatoms. The van der Waals surface area contributed by atoms with E-state index in [2.05, 4.69) is 19.2 Å². The number of hydrogen-bond donors (Lipinski definition) is 1. The summed E-state index contributed by atoms with van der Waals surface area (Å²) < 4.78 is 16.1. The molecule has 0 radical (unpaired) electrons. The van der Waals surface area contributed by atoms with Crippen LogP contribution in [0.4, 0.5) is 5.69 Å². The highest BCUT2D eigenvalue weighted by atomic mass is 32.1. The van der Waals surface area contributed by atoms with Crippen molar-refractivity contribution in [3.63, 3.8) is 0 Å². The predicted octanol–water partition coefficient (Wildman–Crippen LogP) is 3.83. The largest absolute Gasteiger partial charge is 0.486 e. The summed E-state index contributed by atoms with van der Waals surface area (Å²) in [5.74, 6) is 0.374. The second kappa shape index (κ2) is 8.90. The lowest BCUT2D eigenvalue weighted by atomic mass is 10.1. The molecule has 1 aromatic heterocycles. The van der Waals surface area contributed by atoms with Crippen LogP contribution in [0.25, 0.3) is 0 Å². The van der Waals surface area contributed by atoms with Gasteiger partial charge in [0.05, 0.1) is 0 Å². The Hall–Kier alpha value is -2.54. The molecule has 0 fully saturated rings. The number of ether oxygens (including phenoxy) is 3. The fraction of sp³-hybridized carbons (Fsp3) is 0.400. The number of aryl methyl sites for hydroxylation is 2. The van der Waals surface area contributed by atoms with E-state index in [4.69, 9.17) is 14.2 Å². The zero-order chi connectivity index (χ0) is 19.2. The number of esters is 1. The van der Waals surface area contributed by atoms with Crippen molar-refractivity contribution in [2.45, 2.75) is 33.1 Å². The molecular formula is C20H23NO5S. The lowest BCUT2D eigenvalue weighted by molar-refractivity contribution is -0.119. The van der Waals surface area contributed by atoms with Crippen LogP contribution in [0.2, 0.25) is 0 Å². The molecule has 1 aliphatic heterocycles. The third-order valence-corrected chi connectivity index (χ3v) is 5.33. The molecule has 0 spiro atoms. The van der Waals surface area contributed by atoms with Crippen LogP contribution in [-0.2, 0) is 22.4 Å². The Morgan fingerprint density at radius 1 is 1.15 bits per heavy atom. The van der Waals surface area contributed by atoms with E-state index in [9.17, 15) is 9.59 Å². The standard InChI is InChI=1S/C20H23NO5S/c1-3-5-17-13(4-2)10-18(27-17)20(23)26-12-19(22)21-14-6-7-15-16(11-14)25-9-8-24-15/h6-7,10-11H,3-5,8-9,12H2,1-2H3,(H,21,22). The smallest absolute Gasteiger partial charge is 0.348 e. The number of carbonyl (C=O) groups is 2. The van der Waals surface area contributed by atoms with Crippen LogP contribution in [0.1, 0.15) is 40.4 Å². The third-order valence-electron chi connectivity index (χ3n) is 4.12. The highest BCUT2D eigenvalue weighted by Gasteiger charge is 2.17. The first-order chi connectivity index (χ1) is 13.1. The topological polar surface area (TPSA) is 73.9 Å². The van der Waals surface area contributed by atoms with E-state index in [1.807, 2.05) is 6.07 Å². The van der Waals surface area contributed by atoms with Crippen LogP contribution >= 0.6 is 11.3 Å². The molecule has 2 aromatic rings. The zero-order valence-corrected chi connectivity index (χ0v) is 16.3. The molecule has 1 N–H and O–H groups in total. The van der Waals surface area contributed by atoms with E-state index in [1.54, 1.807) is 18.2 Å². The molecule has 144 valence electrons. The first-order valence-corrected chi connectivity index (χ1v) is 9.90. The van der Waals surface area contributed by atoms with Gasteiger partial charge in [-0.3, -0.25) is 4.79 Å². The van der Waals surface area contributed by atoms with E-state index in [-0.39, 0.29) is 6.61 Å². The average Bonchev–Trinajstić information content (AvgIpc) is 3.09. The maximum absolute atomic E-state index is 12.3. The Labute approximate surface area is 162 Å². The number of nitrogens with one attached hydrogen (secondary N) is 1. The summed E-state index contributed by atoms with van der Waals surface area (Å²) in [4.78, 5) is 26.1. The van der Waals surface area contributed by atoms with Crippen LogP contribution in [-0.4, -0.2) is 31.7 Å². The zero-order valence-electron chi connectivity index (χ0n) is 15.5. The predicted molar refractivity (Wildman–Crippen MR) is 104 cm³/mol. The van der Waals surface area contributed by atoms with Crippen LogP contribution < -0.4 is 14.8 Å². The van der Waals surface area contributed by atoms with Crippen molar-refractivity contribution < 1.29 is 23.8 Å². The number of hydrogen-bond acceptors (Lipinski definition) is 6. The van der Waals surface area contributed by atoms with Crippen molar-refractivity contribution in [3.8, 4) is 11.5 Å². The van der Waals surface area contributed by atoms with Gasteiger partial charge in [0, 0.05) is 16.6 Å². The molecule has 2 heterocycles. The van der Waals surface area contributed by atoms with Gasteiger partial charge in [-0.1, -0.05) is 20.3 Å². The quantitative estimate of drug-likeness (QED) is 0.729. The van der Waals surface area contributed by atoms with E-state index >= 15 is 0 Å². The molecule has 3 rings (SSSR count). The van der Waals surface area contributed by atoms with Gasteiger partial charge >= 0.3 is 5.97 Å². The van der Waals surface area contributed by atoms with Gasteiger partial charge in [0.15, 0.2) is 18.1 Å². The van der Waals surface area contributed by atoms with Gasteiger partial charge in [-0.05, 0) is 36.6 Å². The van der Waals surface area contributed by atoms with E-state index < -0.39 is 11.9 Å². The van der Waals surface area contributed by atoms with Crippen molar-refractivity contribution >= 4 is 28.9 Å². The molecule has 1 aliphatic rings. The van der Waals surface area contributed by atoms with Gasteiger partial charge in [-0.15, -0.1) is 11.3 Å². The Morgan fingerprint density at radius 3 is 2.67 bits per heavy atom. The highest BCUT2D eigenvalue weighted by Crippen LogP contribution is 2.32. The molecule has 0 unspecified atom stereocenters. The van der Waals surface area contributed by atoms with Crippen molar-refractivity contribution in [3.05, 3.63) is 39.6 Å². The second-order valence-electron chi connectivity index (χ2n) is 6.15. The number of amides is 1. The number of anilines is 1. The Kier molecular flexibility index (Phi) is 6.34. The highest BCUT2D eigenvalue weighted by molar-refractivity contribution is 7.14. The fourth-order valence-corrected chi connectivity index (χ4v) is 4.07. The molecule has 0 saturated carbocycles. The molecule has 0 atom stereocenters. The Balaban J connectivity index is 1.55. The molecular weight excluding hydrogens is 366 g/mol. The lowest BCUT2D eigenvalue weighted by Crippen LogP contribution is -2.21. The van der Waals surface area contributed by atoms with Crippen molar-refractivity contribution in [2.24, 2.45) is 0 Å². The van der Waals surface area contributed by atoms with E-state index in [1.165, 1.54) is 21.8 Å². The van der Waals surface area contributed by atoms with E-state index in [0.717, 1.165) is 19.3 Å². The minimum atomic E-state index is -0.464. The molecule has 0 saturated heterocycles. The van der Waals surface area contributed by atoms with Crippen LogP contribution in [0.15, 0.2) is 24.3 Å². The average molecular weight is 389 g/mol. The number of fused-ring (bicyclic) bond motifs is 1. The number of thiophene rings is 1. The summed E-state index contributed by atoms with van der Waals surface area (Å²) in [7, 11) is 0. The summed E-state index contributed by atoms with van der Waals surface area (Å²) in [5, 5.41) is 2.70. The van der Waals surface area contributed by atoms with Crippen molar-refractivity contribution in [2.75, 3.05) is 25.1 Å².